The van der Waals surface area contributed by atoms with Crippen LogP contribution < -0.4 is 4.90 Å². The number of para-hydroxylation sites is 1. The Hall–Kier alpha value is -3.73. The molecule has 1 atom stereocenters. The fraction of sp³-hybridized carbons (Fsp3) is 0.212. The minimum Gasteiger partial charge on any atom is -0.629 e. The second-order valence-electron chi connectivity index (χ2n) is 9.81. The average Bonchev–Trinajstić information content (AvgIpc) is 3.57. The molecule has 6 rings (SSSR count). The van der Waals surface area contributed by atoms with Crippen molar-refractivity contribution in [2.24, 2.45) is 0 Å². The third-order valence-corrected chi connectivity index (χ3v) is 6.04. The number of fused-ring (bicyclic) bond motifs is 1. The molecule has 0 radical (unpaired) electrons. The predicted octanol–water partition coefficient (Wildman–Crippen LogP) is 8.79. The fourth-order valence-electron chi connectivity index (χ4n) is 4.28. The summed E-state index contributed by atoms with van der Waals surface area (Å²) in [7, 11) is 0. The molecule has 1 unspecified atom stereocenters. The molecule has 0 amide bonds. The van der Waals surface area contributed by atoms with Gasteiger partial charge in [0.25, 0.3) is 0 Å². The van der Waals surface area contributed by atoms with E-state index in [1.54, 1.807) is 18.2 Å². The molecule has 5 aromatic rings. The van der Waals surface area contributed by atoms with Gasteiger partial charge in [0.15, 0.2) is 11.7 Å². The van der Waals surface area contributed by atoms with Gasteiger partial charge in [-0.3, -0.25) is 0 Å². The van der Waals surface area contributed by atoms with E-state index in [9.17, 15) is 0 Å². The van der Waals surface area contributed by atoms with E-state index in [0.29, 0.717) is 5.82 Å². The Labute approximate surface area is 253 Å². The largest absolute Gasteiger partial charge is 3.00 e. The summed E-state index contributed by atoms with van der Waals surface area (Å²) in [5.41, 5.74) is 4.61. The number of hydrogen-bond donors (Lipinski definition) is 0. The van der Waals surface area contributed by atoms with Crippen LogP contribution in [0.25, 0.3) is 16.6 Å². The summed E-state index contributed by atoms with van der Waals surface area (Å²) in [6.07, 6.45) is 0.972. The number of aryl methyl sites for hydroxylation is 2. The molecule has 3 heterocycles. The Kier molecular flexibility index (Phi) is 6.49. The van der Waals surface area contributed by atoms with E-state index >= 15 is 0 Å². The average molecular weight is 698 g/mol. The van der Waals surface area contributed by atoms with Gasteiger partial charge >= 0.3 is 20.1 Å². The minimum absolute atomic E-state index is 0. The van der Waals surface area contributed by atoms with E-state index in [1.165, 1.54) is 6.20 Å². The van der Waals surface area contributed by atoms with Gasteiger partial charge in [0, 0.05) is 27.0 Å². The molecule has 6 heteroatoms. The van der Waals surface area contributed by atoms with E-state index in [2.05, 4.69) is 54.3 Å². The van der Waals surface area contributed by atoms with E-state index in [1.807, 2.05) is 65.6 Å². The number of rotatable bonds is 3. The molecular weight excluding hydrogens is 661 g/mol. The van der Waals surface area contributed by atoms with Crippen molar-refractivity contribution in [3.05, 3.63) is 131 Å². The maximum atomic E-state index is 7.62. The summed E-state index contributed by atoms with van der Waals surface area (Å²) in [5, 5.41) is 4.65. The van der Waals surface area contributed by atoms with Crippen LogP contribution in [-0.4, -0.2) is 9.97 Å². The van der Waals surface area contributed by atoms with Gasteiger partial charge in [0.2, 0.25) is 0 Å². The fourth-order valence-corrected chi connectivity index (χ4v) is 4.28. The Morgan fingerprint density at radius 3 is 2.33 bits per heavy atom. The van der Waals surface area contributed by atoms with Crippen LogP contribution in [0.5, 0.6) is 0 Å². The van der Waals surface area contributed by atoms with E-state index in [4.69, 9.17) is 12.6 Å². The molecule has 0 aliphatic carbocycles. The topological polar surface area (TPSA) is 56.3 Å². The van der Waals surface area contributed by atoms with Gasteiger partial charge in [-0.25, -0.2) is 0 Å². The van der Waals surface area contributed by atoms with Gasteiger partial charge < -0.3 is 19.6 Å². The molecule has 198 valence electrons. The van der Waals surface area contributed by atoms with Crippen LogP contribution in [0.4, 0.5) is 17.4 Å². The van der Waals surface area contributed by atoms with Crippen LogP contribution in [0, 0.1) is 25.8 Å². The van der Waals surface area contributed by atoms with E-state index in [0.717, 1.165) is 28.1 Å². The van der Waals surface area contributed by atoms with Crippen molar-refractivity contribution in [3.8, 4) is 11.3 Å². The molecule has 0 spiro atoms. The van der Waals surface area contributed by atoms with Crippen molar-refractivity contribution in [3.63, 3.8) is 0 Å². The number of benzene rings is 3. The summed E-state index contributed by atoms with van der Waals surface area (Å²) in [6.45, 7) is 1.90. The van der Waals surface area contributed by atoms with Crippen molar-refractivity contribution in [2.75, 3.05) is 4.90 Å². The molecule has 0 saturated heterocycles. The number of nitrogens with zero attached hydrogens (tertiary/aromatic N) is 4. The zero-order valence-corrected chi connectivity index (χ0v) is 24.2. The zero-order valence-electron chi connectivity index (χ0n) is 27.8. The second-order valence-corrected chi connectivity index (χ2v) is 9.81. The zero-order chi connectivity index (χ0) is 31.7. The van der Waals surface area contributed by atoms with Crippen molar-refractivity contribution in [2.45, 2.75) is 46.1 Å². The van der Waals surface area contributed by atoms with Crippen molar-refractivity contribution in [1.29, 1.82) is 0 Å². The molecule has 1 aliphatic heterocycles. The van der Waals surface area contributed by atoms with Crippen LogP contribution in [-0.2, 0) is 25.5 Å². The first-order chi connectivity index (χ1) is 20.7. The summed E-state index contributed by atoms with van der Waals surface area (Å²) in [5.74, 6) is 0.358. The number of oxazole rings is 1. The van der Waals surface area contributed by atoms with Crippen LogP contribution >= 0.6 is 0 Å². The second kappa shape index (κ2) is 12.0. The van der Waals surface area contributed by atoms with Gasteiger partial charge in [-0.15, -0.1) is 35.9 Å². The quantitative estimate of drug-likeness (QED) is 0.177. The first-order valence-electron chi connectivity index (χ1n) is 15.2. The smallest absolute Gasteiger partial charge is 0.629 e. The molecule has 0 fully saturated rings. The number of aromatic nitrogens is 2. The minimum atomic E-state index is -2.43. The maximum Gasteiger partial charge on any atom is 3.00 e. The standard InChI is InChI=1S/C21H21N3O.C12H10N.Ir/c1-14-22-19-20(25-14)23-18(15-10-6-5-7-11-15)24(19)17-13-9-8-12-16(17)21(2,3)4;1-10-7-8-12(13-9-10)11-5-3-2-4-6-11;/h5-10,12-13,18H,1-4H3;2-5,7-9H,1H3;/q-2;-1;+3/i2*1D3;. The summed E-state index contributed by atoms with van der Waals surface area (Å²) in [4.78, 5) is 10.4. The van der Waals surface area contributed by atoms with Gasteiger partial charge in [-0.2, -0.15) is 40.9 Å². The molecular formula is C33H31IrN4O. The van der Waals surface area contributed by atoms with Gasteiger partial charge in [-0.1, -0.05) is 51.1 Å². The molecule has 39 heavy (non-hydrogen) atoms. The molecule has 1 aliphatic rings. The Bertz CT molecular complexity index is 1700. The number of anilines is 2. The third-order valence-electron chi connectivity index (χ3n) is 6.04. The molecule has 3 aromatic carbocycles. The molecule has 2 aromatic heterocycles. The number of pyridine rings is 1. The van der Waals surface area contributed by atoms with Crippen molar-refractivity contribution < 1.29 is 32.7 Å². The first-order valence-corrected chi connectivity index (χ1v) is 12.2. The van der Waals surface area contributed by atoms with Crippen molar-refractivity contribution >= 4 is 17.4 Å². The number of hydrogen-bond acceptors (Lipinski definition) is 4. The molecule has 0 N–H and O–H groups in total. The molecule has 0 bridgehead atoms. The third kappa shape index (κ3) is 6.30. The van der Waals surface area contributed by atoms with Crippen LogP contribution in [0.3, 0.4) is 0 Å². The SMILES string of the molecule is [2H]C([2H])([2H])c1ccc(-c2[c-]cccc2)nc1.[2H]C([2H])([2H])c1nc2c(o1)[N-]C(c1[c-]cccc1)N2c1ccccc1C(C)(C)C.[Ir+3]. The van der Waals surface area contributed by atoms with Gasteiger partial charge in [0.1, 0.15) is 0 Å². The summed E-state index contributed by atoms with van der Waals surface area (Å²) in [6, 6.07) is 32.6. The Morgan fingerprint density at radius 2 is 1.69 bits per heavy atom. The molecule has 5 nitrogen and oxygen atoms in total. The first kappa shape index (κ1) is 21.1. The Balaban J connectivity index is 0.000000231. The van der Waals surface area contributed by atoms with Crippen LogP contribution in [0.2, 0.25) is 0 Å². The Morgan fingerprint density at radius 1 is 0.923 bits per heavy atom. The van der Waals surface area contributed by atoms with E-state index < -0.39 is 19.9 Å². The monoisotopic (exact) mass is 698 g/mol. The van der Waals surface area contributed by atoms with Crippen LogP contribution in [0.15, 0.2) is 95.5 Å². The predicted molar refractivity (Wildman–Crippen MR) is 153 cm³/mol. The van der Waals surface area contributed by atoms with Crippen molar-refractivity contribution in [1.82, 2.24) is 9.97 Å². The normalized spacial score (nSPS) is 16.9. The van der Waals surface area contributed by atoms with Gasteiger partial charge in [-0.05, 0) is 41.3 Å². The van der Waals surface area contributed by atoms with Crippen LogP contribution in [0.1, 0.15) is 57.7 Å². The van der Waals surface area contributed by atoms with Gasteiger partial charge in [0.05, 0.1) is 5.88 Å². The molecule has 0 saturated carbocycles. The maximum absolute atomic E-state index is 7.62. The summed E-state index contributed by atoms with van der Waals surface area (Å²) < 4.78 is 50.1. The van der Waals surface area contributed by atoms with E-state index in [-0.39, 0.29) is 42.9 Å². The summed E-state index contributed by atoms with van der Waals surface area (Å²) >= 11 is 0.